The minimum Gasteiger partial charge on any atom is -0.460 e. The smallest absolute Gasteiger partial charge is 0.312 e. The van der Waals surface area contributed by atoms with Crippen molar-refractivity contribution in [2.75, 3.05) is 0 Å². The average Bonchev–Trinajstić information content (AvgIpc) is 2.72. The predicted octanol–water partition coefficient (Wildman–Crippen LogP) is 7.01. The number of hydrogen-bond donors (Lipinski definition) is 0. The van der Waals surface area contributed by atoms with E-state index in [2.05, 4.69) is 33.8 Å². The van der Waals surface area contributed by atoms with Crippen LogP contribution >= 0.6 is 0 Å². The Labute approximate surface area is 176 Å². The molecule has 0 saturated heterocycles. The van der Waals surface area contributed by atoms with Crippen LogP contribution in [0.1, 0.15) is 78.2 Å². The third-order valence-electron chi connectivity index (χ3n) is 8.15. The van der Waals surface area contributed by atoms with Crippen molar-refractivity contribution in [2.24, 2.45) is 22.7 Å². The van der Waals surface area contributed by atoms with Crippen LogP contribution < -0.4 is 0 Å². The maximum absolute atomic E-state index is 13.3. The second kappa shape index (κ2) is 7.78. The number of carbonyl (C=O) groups excluding carboxylic acids is 1. The van der Waals surface area contributed by atoms with Crippen LogP contribution in [-0.4, -0.2) is 5.97 Å². The number of rotatable bonds is 4. The molecule has 0 unspecified atom stereocenters. The predicted molar refractivity (Wildman–Crippen MR) is 118 cm³/mol. The molecule has 0 amide bonds. The monoisotopic (exact) mass is 392 g/mol. The van der Waals surface area contributed by atoms with Crippen LogP contribution in [0.4, 0.5) is 0 Å². The summed E-state index contributed by atoms with van der Waals surface area (Å²) in [4.78, 5) is 13.3. The van der Waals surface area contributed by atoms with Gasteiger partial charge in [0.25, 0.3) is 0 Å². The number of fused-ring (bicyclic) bond motifs is 2. The van der Waals surface area contributed by atoms with E-state index in [1.807, 2.05) is 30.3 Å². The molecule has 1 aromatic carbocycles. The quantitative estimate of drug-likeness (QED) is 0.515. The number of hydrogen-bond acceptors (Lipinski definition) is 2. The van der Waals surface area contributed by atoms with Crippen molar-refractivity contribution in [1.82, 2.24) is 0 Å². The summed E-state index contributed by atoms with van der Waals surface area (Å²) in [5.41, 5.74) is 5.68. The summed E-state index contributed by atoms with van der Waals surface area (Å²) in [5, 5.41) is 0. The molecule has 156 valence electrons. The van der Waals surface area contributed by atoms with Gasteiger partial charge in [-0.05, 0) is 73.8 Å². The molecule has 1 fully saturated rings. The van der Waals surface area contributed by atoms with Gasteiger partial charge in [-0.2, -0.15) is 0 Å². The lowest BCUT2D eigenvalue weighted by Gasteiger charge is -2.55. The Hall–Kier alpha value is -1.83. The van der Waals surface area contributed by atoms with Crippen molar-refractivity contribution < 1.29 is 9.53 Å². The molecule has 4 rings (SSSR count). The van der Waals surface area contributed by atoms with E-state index < -0.39 is 0 Å². The molecule has 0 radical (unpaired) electrons. The highest BCUT2D eigenvalue weighted by molar-refractivity contribution is 5.77. The molecule has 1 saturated carbocycles. The summed E-state index contributed by atoms with van der Waals surface area (Å²) in [6.45, 7) is 9.64. The first kappa shape index (κ1) is 20.4. The van der Waals surface area contributed by atoms with E-state index in [0.717, 1.165) is 31.2 Å². The van der Waals surface area contributed by atoms with Gasteiger partial charge in [-0.3, -0.25) is 4.79 Å². The average molecular weight is 393 g/mol. The molecule has 0 spiro atoms. The Balaban J connectivity index is 1.58. The fraction of sp³-hybridized carbons (Fsp3) is 0.593. The Morgan fingerprint density at radius 1 is 1.10 bits per heavy atom. The first-order valence-electron chi connectivity index (χ1n) is 11.5. The molecule has 0 heterocycles. The highest BCUT2D eigenvalue weighted by Crippen LogP contribution is 2.62. The highest BCUT2D eigenvalue weighted by atomic mass is 16.5. The zero-order valence-corrected chi connectivity index (χ0v) is 18.6. The van der Waals surface area contributed by atoms with Crippen molar-refractivity contribution in [3.8, 4) is 0 Å². The SMILES string of the molecule is CC(C)C1=CC2=C(CC1)[C@@]1(C)CCC[C@](C)(C(=O)OCc3ccccc3)[C@@H]1CC2. The van der Waals surface area contributed by atoms with E-state index in [4.69, 9.17) is 4.74 Å². The van der Waals surface area contributed by atoms with Crippen LogP contribution in [0.5, 0.6) is 0 Å². The minimum atomic E-state index is -0.373. The number of carbonyl (C=O) groups is 1. The van der Waals surface area contributed by atoms with E-state index in [9.17, 15) is 4.79 Å². The van der Waals surface area contributed by atoms with Gasteiger partial charge in [-0.15, -0.1) is 0 Å². The minimum absolute atomic E-state index is 0.00977. The van der Waals surface area contributed by atoms with Gasteiger partial charge in [-0.1, -0.05) is 74.7 Å². The lowest BCUT2D eigenvalue weighted by molar-refractivity contribution is -0.167. The van der Waals surface area contributed by atoms with E-state index >= 15 is 0 Å². The Bertz CT molecular complexity index is 831. The summed E-state index contributed by atoms with van der Waals surface area (Å²) in [5.74, 6) is 1.04. The van der Waals surface area contributed by atoms with Gasteiger partial charge < -0.3 is 4.74 Å². The van der Waals surface area contributed by atoms with Crippen molar-refractivity contribution in [2.45, 2.75) is 79.2 Å². The number of benzene rings is 1. The van der Waals surface area contributed by atoms with Gasteiger partial charge in [0, 0.05) is 0 Å². The molecule has 29 heavy (non-hydrogen) atoms. The molecular formula is C27H36O2. The largest absolute Gasteiger partial charge is 0.460 e. The summed E-state index contributed by atoms with van der Waals surface area (Å²) in [6, 6.07) is 10.0. The van der Waals surface area contributed by atoms with Gasteiger partial charge >= 0.3 is 5.97 Å². The fourth-order valence-electron chi connectivity index (χ4n) is 6.45. The second-order valence-electron chi connectivity index (χ2n) is 10.2. The van der Waals surface area contributed by atoms with Gasteiger partial charge in [0.1, 0.15) is 6.61 Å². The summed E-state index contributed by atoms with van der Waals surface area (Å²) in [6.07, 6.45) is 10.4. The molecule has 3 atom stereocenters. The Morgan fingerprint density at radius 2 is 1.86 bits per heavy atom. The van der Waals surface area contributed by atoms with Crippen LogP contribution in [-0.2, 0) is 16.1 Å². The number of esters is 1. The van der Waals surface area contributed by atoms with Crippen LogP contribution in [0.25, 0.3) is 0 Å². The maximum atomic E-state index is 13.3. The zero-order valence-electron chi connectivity index (χ0n) is 18.6. The summed E-state index contributed by atoms with van der Waals surface area (Å²) < 4.78 is 5.88. The van der Waals surface area contributed by atoms with Crippen LogP contribution in [0.15, 0.2) is 53.1 Å². The fourth-order valence-corrected chi connectivity index (χ4v) is 6.45. The van der Waals surface area contributed by atoms with Gasteiger partial charge in [0.2, 0.25) is 0 Å². The molecule has 3 aliphatic rings. The van der Waals surface area contributed by atoms with Crippen molar-refractivity contribution in [3.05, 3.63) is 58.7 Å². The molecule has 0 N–H and O–H groups in total. The second-order valence-corrected chi connectivity index (χ2v) is 10.2. The van der Waals surface area contributed by atoms with Crippen molar-refractivity contribution in [1.29, 1.82) is 0 Å². The third kappa shape index (κ3) is 3.60. The lowest BCUT2D eigenvalue weighted by Crippen LogP contribution is -2.51. The van der Waals surface area contributed by atoms with Gasteiger partial charge in [0.05, 0.1) is 5.41 Å². The maximum Gasteiger partial charge on any atom is 0.312 e. The Morgan fingerprint density at radius 3 is 2.59 bits per heavy atom. The van der Waals surface area contributed by atoms with Crippen LogP contribution in [0.3, 0.4) is 0 Å². The topological polar surface area (TPSA) is 26.3 Å². The number of ether oxygens (including phenoxy) is 1. The molecule has 2 nitrogen and oxygen atoms in total. The molecular weight excluding hydrogens is 356 g/mol. The van der Waals surface area contributed by atoms with Crippen molar-refractivity contribution >= 4 is 5.97 Å². The van der Waals surface area contributed by atoms with Crippen molar-refractivity contribution in [3.63, 3.8) is 0 Å². The first-order chi connectivity index (χ1) is 13.8. The number of allylic oxidation sites excluding steroid dienone is 4. The molecule has 3 aliphatic carbocycles. The summed E-state index contributed by atoms with van der Waals surface area (Å²) in [7, 11) is 0. The van der Waals surface area contributed by atoms with Gasteiger partial charge in [-0.25, -0.2) is 0 Å². The van der Waals surface area contributed by atoms with E-state index in [1.165, 1.54) is 19.3 Å². The normalized spacial score (nSPS) is 31.8. The molecule has 0 aliphatic heterocycles. The molecule has 0 bridgehead atoms. The lowest BCUT2D eigenvalue weighted by atomic mass is 9.48. The third-order valence-corrected chi connectivity index (χ3v) is 8.15. The molecule has 1 aromatic rings. The Kier molecular flexibility index (Phi) is 5.48. The first-order valence-corrected chi connectivity index (χ1v) is 11.5. The van der Waals surface area contributed by atoms with Crippen LogP contribution in [0.2, 0.25) is 0 Å². The summed E-state index contributed by atoms with van der Waals surface area (Å²) >= 11 is 0. The zero-order chi connectivity index (χ0) is 20.6. The molecule has 2 heteroatoms. The van der Waals surface area contributed by atoms with Crippen LogP contribution in [0, 0.1) is 22.7 Å². The van der Waals surface area contributed by atoms with E-state index in [1.54, 1.807) is 16.7 Å². The van der Waals surface area contributed by atoms with E-state index in [0.29, 0.717) is 18.4 Å². The van der Waals surface area contributed by atoms with E-state index in [-0.39, 0.29) is 16.8 Å². The molecule has 0 aromatic heterocycles. The standard InChI is InChI=1S/C27H36O2/c1-19(2)21-11-13-23-22(17-21)12-14-24-26(23,3)15-8-16-27(24,4)25(28)29-18-20-9-6-5-7-10-20/h5-7,9-10,17,19,24H,8,11-16,18H2,1-4H3/t24-,26-,27+/m1/s1. The van der Waals surface area contributed by atoms with Gasteiger partial charge in [0.15, 0.2) is 0 Å². The highest BCUT2D eigenvalue weighted by Gasteiger charge is 2.56.